The van der Waals surface area contributed by atoms with Crippen LogP contribution < -0.4 is 0 Å². The fraction of sp³-hybridized carbons (Fsp3) is 0.600. The van der Waals surface area contributed by atoms with Gasteiger partial charge < -0.3 is 4.52 Å². The maximum absolute atomic E-state index is 12.2. The molecule has 92 valence electrons. The largest absolute Gasteiger partial charge is 0.324 e. The third kappa shape index (κ3) is 3.89. The Bertz CT molecular complexity index is 399. The standard InChI is InChI=1S/C10H17O4PS/c1-3-6-15(11,7-4-2)14-10-5-8-16(12,13)9-10/h3-4,10H,1-2,5-9H2. The van der Waals surface area contributed by atoms with Gasteiger partial charge in [-0.05, 0) is 6.42 Å². The van der Waals surface area contributed by atoms with Crippen molar-refractivity contribution in [2.45, 2.75) is 12.5 Å². The van der Waals surface area contributed by atoms with E-state index in [1.807, 2.05) is 0 Å². The van der Waals surface area contributed by atoms with Gasteiger partial charge in [0.05, 0.1) is 17.6 Å². The molecule has 1 heterocycles. The maximum atomic E-state index is 12.2. The van der Waals surface area contributed by atoms with Gasteiger partial charge in [0.1, 0.15) is 0 Å². The van der Waals surface area contributed by atoms with Crippen LogP contribution in [0.1, 0.15) is 6.42 Å². The Morgan fingerprint density at radius 3 is 2.25 bits per heavy atom. The van der Waals surface area contributed by atoms with Crippen LogP contribution in [0.5, 0.6) is 0 Å². The van der Waals surface area contributed by atoms with Crippen molar-refractivity contribution in [2.75, 3.05) is 23.8 Å². The van der Waals surface area contributed by atoms with Crippen molar-refractivity contribution in [2.24, 2.45) is 0 Å². The van der Waals surface area contributed by atoms with E-state index in [-0.39, 0.29) is 23.8 Å². The summed E-state index contributed by atoms with van der Waals surface area (Å²) >= 11 is 0. The van der Waals surface area contributed by atoms with Gasteiger partial charge in [-0.1, -0.05) is 12.2 Å². The molecule has 1 aliphatic heterocycles. The molecular weight excluding hydrogens is 247 g/mol. The number of hydrogen-bond donors (Lipinski definition) is 0. The minimum absolute atomic E-state index is 0.0225. The molecule has 1 saturated heterocycles. The Labute approximate surface area is 96.8 Å². The van der Waals surface area contributed by atoms with Gasteiger partial charge in [-0.2, -0.15) is 0 Å². The Hall–Kier alpha value is -0.380. The van der Waals surface area contributed by atoms with Crippen LogP contribution in [-0.2, 0) is 18.9 Å². The molecule has 0 saturated carbocycles. The van der Waals surface area contributed by atoms with Gasteiger partial charge in [0.25, 0.3) is 0 Å². The molecule has 0 amide bonds. The lowest BCUT2D eigenvalue weighted by atomic mass is 10.3. The van der Waals surface area contributed by atoms with Gasteiger partial charge in [0.2, 0.25) is 7.37 Å². The quantitative estimate of drug-likeness (QED) is 0.542. The topological polar surface area (TPSA) is 60.4 Å². The molecule has 0 aromatic heterocycles. The summed E-state index contributed by atoms with van der Waals surface area (Å²) in [7, 11) is -5.82. The Morgan fingerprint density at radius 2 is 1.88 bits per heavy atom. The molecular formula is C10H17O4PS. The van der Waals surface area contributed by atoms with Crippen molar-refractivity contribution in [3.05, 3.63) is 25.3 Å². The second kappa shape index (κ2) is 5.30. The van der Waals surface area contributed by atoms with Crippen molar-refractivity contribution in [3.63, 3.8) is 0 Å². The summed E-state index contributed by atoms with van der Waals surface area (Å²) in [6.45, 7) is 7.05. The maximum Gasteiger partial charge on any atom is 0.210 e. The summed E-state index contributed by atoms with van der Waals surface area (Å²) in [5, 5.41) is 0. The van der Waals surface area contributed by atoms with Gasteiger partial charge in [0.15, 0.2) is 9.84 Å². The van der Waals surface area contributed by atoms with Crippen LogP contribution in [-0.4, -0.2) is 38.4 Å². The van der Waals surface area contributed by atoms with E-state index in [0.717, 1.165) is 0 Å². The van der Waals surface area contributed by atoms with E-state index in [9.17, 15) is 13.0 Å². The molecule has 1 aliphatic rings. The zero-order chi connectivity index (χ0) is 12.2. The van der Waals surface area contributed by atoms with E-state index in [0.29, 0.717) is 6.42 Å². The van der Waals surface area contributed by atoms with Crippen LogP contribution in [0.25, 0.3) is 0 Å². The summed E-state index contributed by atoms with van der Waals surface area (Å²) < 4.78 is 40.1. The monoisotopic (exact) mass is 264 g/mol. The third-order valence-corrected chi connectivity index (χ3v) is 6.40. The van der Waals surface area contributed by atoms with Gasteiger partial charge >= 0.3 is 0 Å². The summed E-state index contributed by atoms with van der Waals surface area (Å²) in [6, 6.07) is 0. The van der Waals surface area contributed by atoms with E-state index in [1.165, 1.54) is 12.2 Å². The summed E-state index contributed by atoms with van der Waals surface area (Å²) in [5.74, 6) is 0.102. The SMILES string of the molecule is C=CCP(=O)(CC=C)OC1CCS(=O)(=O)C1. The van der Waals surface area contributed by atoms with Crippen molar-refractivity contribution >= 4 is 17.2 Å². The fourth-order valence-electron chi connectivity index (χ4n) is 1.67. The first kappa shape index (κ1) is 13.7. The minimum Gasteiger partial charge on any atom is -0.324 e. The van der Waals surface area contributed by atoms with Gasteiger partial charge in [0, 0.05) is 12.3 Å². The lowest BCUT2D eigenvalue weighted by molar-refractivity contribution is 0.233. The van der Waals surface area contributed by atoms with Gasteiger partial charge in [-0.15, -0.1) is 13.2 Å². The normalized spacial score (nSPS) is 24.1. The Kier molecular flexibility index (Phi) is 4.53. The minimum atomic E-state index is -3.00. The molecule has 1 fully saturated rings. The molecule has 1 rings (SSSR count). The second-order valence-corrected chi connectivity index (χ2v) is 8.69. The summed E-state index contributed by atoms with van der Waals surface area (Å²) in [5.41, 5.74) is 0. The van der Waals surface area contributed by atoms with E-state index in [2.05, 4.69) is 13.2 Å². The number of hydrogen-bond acceptors (Lipinski definition) is 4. The van der Waals surface area contributed by atoms with Crippen LogP contribution >= 0.6 is 7.37 Å². The molecule has 0 N–H and O–H groups in total. The van der Waals surface area contributed by atoms with E-state index < -0.39 is 23.3 Å². The fourth-order valence-corrected chi connectivity index (χ4v) is 5.19. The van der Waals surface area contributed by atoms with Gasteiger partial charge in [-0.25, -0.2) is 8.42 Å². The molecule has 0 spiro atoms. The van der Waals surface area contributed by atoms with Crippen molar-refractivity contribution in [3.8, 4) is 0 Å². The molecule has 1 atom stereocenters. The van der Waals surface area contributed by atoms with Crippen LogP contribution in [0, 0.1) is 0 Å². The van der Waals surface area contributed by atoms with E-state index >= 15 is 0 Å². The molecule has 16 heavy (non-hydrogen) atoms. The summed E-state index contributed by atoms with van der Waals surface area (Å²) in [4.78, 5) is 0. The predicted molar refractivity (Wildman–Crippen MR) is 65.9 cm³/mol. The molecule has 0 radical (unpaired) electrons. The first-order chi connectivity index (χ1) is 7.41. The van der Waals surface area contributed by atoms with Crippen molar-refractivity contribution in [1.29, 1.82) is 0 Å². The van der Waals surface area contributed by atoms with Crippen molar-refractivity contribution < 1.29 is 17.5 Å². The van der Waals surface area contributed by atoms with Crippen LogP contribution in [0.4, 0.5) is 0 Å². The Morgan fingerprint density at radius 1 is 1.31 bits per heavy atom. The molecule has 0 aromatic carbocycles. The number of allylic oxidation sites excluding steroid dienone is 2. The van der Waals surface area contributed by atoms with E-state index in [1.54, 1.807) is 0 Å². The smallest absolute Gasteiger partial charge is 0.210 e. The van der Waals surface area contributed by atoms with E-state index in [4.69, 9.17) is 4.52 Å². The number of rotatable bonds is 6. The average Bonchev–Trinajstić information content (AvgIpc) is 2.45. The first-order valence-corrected chi connectivity index (χ1v) is 8.91. The second-order valence-electron chi connectivity index (χ2n) is 3.89. The summed E-state index contributed by atoms with van der Waals surface area (Å²) in [6.07, 6.45) is 3.59. The zero-order valence-electron chi connectivity index (χ0n) is 9.17. The molecule has 0 aliphatic carbocycles. The molecule has 0 aromatic rings. The van der Waals surface area contributed by atoms with Crippen LogP contribution in [0.2, 0.25) is 0 Å². The highest BCUT2D eigenvalue weighted by atomic mass is 32.2. The zero-order valence-corrected chi connectivity index (χ0v) is 10.9. The highest BCUT2D eigenvalue weighted by Crippen LogP contribution is 2.49. The predicted octanol–water partition coefficient (Wildman–Crippen LogP) is 1.84. The third-order valence-electron chi connectivity index (χ3n) is 2.35. The highest BCUT2D eigenvalue weighted by Gasteiger charge is 2.33. The molecule has 6 heteroatoms. The number of sulfone groups is 1. The lowest BCUT2D eigenvalue weighted by Crippen LogP contribution is -2.14. The highest BCUT2D eigenvalue weighted by molar-refractivity contribution is 7.91. The average molecular weight is 264 g/mol. The molecule has 1 unspecified atom stereocenters. The van der Waals surface area contributed by atoms with Crippen LogP contribution in [0.15, 0.2) is 25.3 Å². The van der Waals surface area contributed by atoms with Crippen LogP contribution in [0.3, 0.4) is 0 Å². The Balaban J connectivity index is 2.66. The van der Waals surface area contributed by atoms with Gasteiger partial charge in [-0.3, -0.25) is 4.57 Å². The lowest BCUT2D eigenvalue weighted by Gasteiger charge is -2.19. The first-order valence-electron chi connectivity index (χ1n) is 5.09. The molecule has 4 nitrogen and oxygen atoms in total. The molecule has 0 bridgehead atoms. The van der Waals surface area contributed by atoms with Crippen molar-refractivity contribution in [1.82, 2.24) is 0 Å².